The lowest BCUT2D eigenvalue weighted by Gasteiger charge is -2.31. The molecule has 4 rings (SSSR count). The summed E-state index contributed by atoms with van der Waals surface area (Å²) in [7, 11) is 0. The van der Waals surface area contributed by atoms with Crippen molar-refractivity contribution in [2.45, 2.75) is 25.7 Å². The van der Waals surface area contributed by atoms with Crippen molar-refractivity contribution in [3.05, 3.63) is 34.9 Å². The number of nitrogens with one attached hydrogen (secondary N) is 1. The minimum absolute atomic E-state index is 0.0357. The third-order valence-corrected chi connectivity index (χ3v) is 6.13. The zero-order valence-corrected chi connectivity index (χ0v) is 17.9. The van der Waals surface area contributed by atoms with Crippen molar-refractivity contribution in [1.29, 1.82) is 0 Å². The van der Waals surface area contributed by atoms with Crippen LogP contribution in [0.4, 0.5) is 5.13 Å². The third kappa shape index (κ3) is 5.00. The molecule has 2 amide bonds. The summed E-state index contributed by atoms with van der Waals surface area (Å²) in [6, 6.07) is 0. The minimum Gasteiger partial charge on any atom is -0.378 e. The lowest BCUT2D eigenvalue weighted by molar-refractivity contribution is -0.117. The van der Waals surface area contributed by atoms with Crippen LogP contribution in [-0.2, 0) is 9.53 Å². The fourth-order valence-corrected chi connectivity index (χ4v) is 4.43. The standard InChI is InChI=1S/C20H26N6O3S/c1-14-16(19(28)26-6-8-29-9-7-26)11-22-18(23-14)15-3-2-5-25(12-15)13-17(27)24-20-21-4-10-30-20/h4,10-11,15H,2-3,5-9,12-13H2,1H3,(H,21,24,27). The fraction of sp³-hybridized carbons (Fsp3) is 0.550. The molecule has 0 saturated carbocycles. The molecule has 0 aromatic carbocycles. The first-order valence-electron chi connectivity index (χ1n) is 10.2. The Morgan fingerprint density at radius 3 is 2.83 bits per heavy atom. The summed E-state index contributed by atoms with van der Waals surface area (Å²) in [4.78, 5) is 42.2. The summed E-state index contributed by atoms with van der Waals surface area (Å²) in [5.41, 5.74) is 1.26. The van der Waals surface area contributed by atoms with Crippen molar-refractivity contribution >= 4 is 28.3 Å². The van der Waals surface area contributed by atoms with Gasteiger partial charge in [-0.2, -0.15) is 0 Å². The second-order valence-electron chi connectivity index (χ2n) is 7.59. The van der Waals surface area contributed by atoms with E-state index < -0.39 is 0 Å². The fourth-order valence-electron chi connectivity index (χ4n) is 3.89. The first-order chi connectivity index (χ1) is 14.6. The lowest BCUT2D eigenvalue weighted by Crippen LogP contribution is -2.41. The van der Waals surface area contributed by atoms with E-state index in [0.29, 0.717) is 49.2 Å². The van der Waals surface area contributed by atoms with Gasteiger partial charge in [-0.05, 0) is 26.3 Å². The maximum atomic E-state index is 12.7. The number of hydrogen-bond donors (Lipinski definition) is 1. The molecule has 2 aliphatic rings. The van der Waals surface area contributed by atoms with Gasteiger partial charge < -0.3 is 15.0 Å². The second-order valence-corrected chi connectivity index (χ2v) is 8.49. The Balaban J connectivity index is 1.37. The van der Waals surface area contributed by atoms with E-state index in [1.54, 1.807) is 17.3 Å². The van der Waals surface area contributed by atoms with Crippen LogP contribution in [0.1, 0.15) is 40.6 Å². The highest BCUT2D eigenvalue weighted by Gasteiger charge is 2.27. The number of ether oxygens (including phenoxy) is 1. The molecule has 1 unspecified atom stereocenters. The average molecular weight is 431 g/mol. The van der Waals surface area contributed by atoms with Crippen molar-refractivity contribution in [2.24, 2.45) is 0 Å². The molecule has 0 aliphatic carbocycles. The lowest BCUT2D eigenvalue weighted by atomic mass is 9.97. The number of thiazole rings is 1. The molecule has 0 bridgehead atoms. The molecule has 160 valence electrons. The first kappa shape index (κ1) is 20.8. The second kappa shape index (κ2) is 9.59. The van der Waals surface area contributed by atoms with Gasteiger partial charge in [0.25, 0.3) is 5.91 Å². The van der Waals surface area contributed by atoms with E-state index in [4.69, 9.17) is 4.74 Å². The summed E-state index contributed by atoms with van der Waals surface area (Å²) < 4.78 is 5.32. The van der Waals surface area contributed by atoms with Crippen LogP contribution < -0.4 is 5.32 Å². The van der Waals surface area contributed by atoms with Gasteiger partial charge in [0.15, 0.2) is 5.13 Å². The minimum atomic E-state index is -0.0610. The van der Waals surface area contributed by atoms with Gasteiger partial charge in [-0.25, -0.2) is 15.0 Å². The van der Waals surface area contributed by atoms with E-state index in [9.17, 15) is 9.59 Å². The largest absolute Gasteiger partial charge is 0.378 e. The van der Waals surface area contributed by atoms with E-state index in [-0.39, 0.29) is 17.7 Å². The number of carbonyl (C=O) groups is 2. The number of rotatable bonds is 5. The molecular weight excluding hydrogens is 404 g/mol. The van der Waals surface area contributed by atoms with Crippen LogP contribution in [0.5, 0.6) is 0 Å². The van der Waals surface area contributed by atoms with Gasteiger partial charge >= 0.3 is 0 Å². The van der Waals surface area contributed by atoms with Gasteiger partial charge in [0, 0.05) is 43.3 Å². The third-order valence-electron chi connectivity index (χ3n) is 5.44. The zero-order valence-electron chi connectivity index (χ0n) is 17.0. The van der Waals surface area contributed by atoms with E-state index in [1.165, 1.54) is 11.3 Å². The molecule has 4 heterocycles. The Kier molecular flexibility index (Phi) is 6.66. The number of carbonyl (C=O) groups excluding carboxylic acids is 2. The molecule has 2 saturated heterocycles. The van der Waals surface area contributed by atoms with E-state index in [2.05, 4.69) is 25.2 Å². The molecule has 2 aliphatic heterocycles. The maximum absolute atomic E-state index is 12.7. The Labute approximate surface area is 179 Å². The molecule has 10 heteroatoms. The molecule has 1 atom stereocenters. The SMILES string of the molecule is Cc1nc(C2CCCN(CC(=O)Nc3nccs3)C2)ncc1C(=O)N1CCOCC1. The molecule has 9 nitrogen and oxygen atoms in total. The number of amides is 2. The van der Waals surface area contributed by atoms with Crippen LogP contribution in [0.15, 0.2) is 17.8 Å². The van der Waals surface area contributed by atoms with Crippen LogP contribution in [0.2, 0.25) is 0 Å². The van der Waals surface area contributed by atoms with Crippen LogP contribution >= 0.6 is 11.3 Å². The molecule has 30 heavy (non-hydrogen) atoms. The first-order valence-corrected chi connectivity index (χ1v) is 11.1. The molecule has 0 radical (unpaired) electrons. The summed E-state index contributed by atoms with van der Waals surface area (Å²) in [5, 5.41) is 5.28. The van der Waals surface area contributed by atoms with Crippen LogP contribution in [0.25, 0.3) is 0 Å². The normalized spacial score (nSPS) is 20.2. The smallest absolute Gasteiger partial charge is 0.257 e. The Morgan fingerprint density at radius 2 is 2.10 bits per heavy atom. The monoisotopic (exact) mass is 430 g/mol. The van der Waals surface area contributed by atoms with Crippen LogP contribution in [0.3, 0.4) is 0 Å². The predicted octanol–water partition coefficient (Wildman–Crippen LogP) is 1.53. The van der Waals surface area contributed by atoms with Crippen molar-refractivity contribution in [3.8, 4) is 0 Å². The summed E-state index contributed by atoms with van der Waals surface area (Å²) in [6.07, 6.45) is 5.28. The quantitative estimate of drug-likeness (QED) is 0.768. The highest BCUT2D eigenvalue weighted by Crippen LogP contribution is 2.25. The van der Waals surface area contributed by atoms with E-state index in [1.807, 2.05) is 12.3 Å². The highest BCUT2D eigenvalue weighted by molar-refractivity contribution is 7.13. The van der Waals surface area contributed by atoms with Crippen molar-refractivity contribution < 1.29 is 14.3 Å². The predicted molar refractivity (Wildman–Crippen MR) is 113 cm³/mol. The van der Waals surface area contributed by atoms with Gasteiger partial charge in [0.05, 0.1) is 31.0 Å². The summed E-state index contributed by atoms with van der Waals surface area (Å²) in [5.74, 6) is 0.800. The number of likely N-dealkylation sites (tertiary alicyclic amines) is 1. The number of anilines is 1. The molecular formula is C20H26N6O3S. The van der Waals surface area contributed by atoms with Crippen molar-refractivity contribution in [2.75, 3.05) is 51.3 Å². The molecule has 2 fully saturated rings. The van der Waals surface area contributed by atoms with Crippen molar-refractivity contribution in [3.63, 3.8) is 0 Å². The maximum Gasteiger partial charge on any atom is 0.257 e. The Hall–Kier alpha value is -2.43. The number of aromatic nitrogens is 3. The van der Waals surface area contributed by atoms with Crippen LogP contribution in [-0.4, -0.2) is 82.5 Å². The Bertz CT molecular complexity index is 885. The zero-order chi connectivity index (χ0) is 20.9. The number of piperidine rings is 1. The van der Waals surface area contributed by atoms with Gasteiger partial charge in [-0.15, -0.1) is 11.3 Å². The average Bonchev–Trinajstić information content (AvgIpc) is 3.27. The Morgan fingerprint density at radius 1 is 1.27 bits per heavy atom. The van der Waals surface area contributed by atoms with Crippen molar-refractivity contribution in [1.82, 2.24) is 24.8 Å². The molecule has 2 aromatic rings. The topological polar surface area (TPSA) is 101 Å². The van der Waals surface area contributed by atoms with E-state index >= 15 is 0 Å². The summed E-state index contributed by atoms with van der Waals surface area (Å²) >= 11 is 1.41. The molecule has 2 aromatic heterocycles. The van der Waals surface area contributed by atoms with Gasteiger partial charge in [0.1, 0.15) is 5.82 Å². The number of hydrogen-bond acceptors (Lipinski definition) is 8. The molecule has 0 spiro atoms. The number of nitrogens with zero attached hydrogens (tertiary/aromatic N) is 5. The van der Waals surface area contributed by atoms with Gasteiger partial charge in [-0.3, -0.25) is 14.5 Å². The summed E-state index contributed by atoms with van der Waals surface area (Å²) in [6.45, 7) is 6.11. The highest BCUT2D eigenvalue weighted by atomic mass is 32.1. The van der Waals surface area contributed by atoms with Gasteiger partial charge in [-0.1, -0.05) is 0 Å². The molecule has 1 N–H and O–H groups in total. The van der Waals surface area contributed by atoms with Crippen LogP contribution in [0, 0.1) is 6.92 Å². The van der Waals surface area contributed by atoms with E-state index in [0.717, 1.165) is 31.8 Å². The van der Waals surface area contributed by atoms with Gasteiger partial charge in [0.2, 0.25) is 5.91 Å². The number of aryl methyl sites for hydroxylation is 1. The number of morpholine rings is 1.